The lowest BCUT2D eigenvalue weighted by molar-refractivity contribution is 1.02. The number of anilines is 1. The molecule has 5 heteroatoms. The summed E-state index contributed by atoms with van der Waals surface area (Å²) >= 11 is 11.6. The fourth-order valence-electron chi connectivity index (χ4n) is 0.807. The van der Waals surface area contributed by atoms with Gasteiger partial charge in [0.15, 0.2) is 5.82 Å². The molecular weight excluding hydrogens is 197 g/mol. The van der Waals surface area contributed by atoms with Gasteiger partial charge in [-0.1, -0.05) is 11.6 Å². The van der Waals surface area contributed by atoms with Crippen LogP contribution in [0.1, 0.15) is 5.69 Å². The van der Waals surface area contributed by atoms with Gasteiger partial charge in [-0.05, 0) is 18.5 Å². The molecule has 0 spiro atoms. The lowest BCUT2D eigenvalue weighted by Crippen LogP contribution is -2.12. The van der Waals surface area contributed by atoms with E-state index in [9.17, 15) is 0 Å². The lowest BCUT2D eigenvalue weighted by Gasteiger charge is -2.13. The van der Waals surface area contributed by atoms with Gasteiger partial charge in [-0.3, -0.25) is 0 Å². The van der Waals surface area contributed by atoms with E-state index in [1.807, 2.05) is 14.1 Å². The monoisotopic (exact) mass is 205 g/mol. The van der Waals surface area contributed by atoms with Crippen molar-refractivity contribution in [3.8, 4) is 0 Å². The van der Waals surface area contributed by atoms with Crippen molar-refractivity contribution in [2.75, 3.05) is 19.0 Å². The Hall–Kier alpha value is -0.540. The molecule has 0 aliphatic carbocycles. The topological polar surface area (TPSA) is 29.0 Å². The zero-order valence-electron chi connectivity index (χ0n) is 7.10. The zero-order valence-corrected chi connectivity index (χ0v) is 8.61. The Balaban J connectivity index is 3.28. The van der Waals surface area contributed by atoms with Crippen molar-refractivity contribution in [1.82, 2.24) is 9.97 Å². The van der Waals surface area contributed by atoms with Crippen LogP contribution < -0.4 is 4.90 Å². The molecule has 0 unspecified atom stereocenters. The minimum Gasteiger partial charge on any atom is -0.361 e. The van der Waals surface area contributed by atoms with Crippen LogP contribution >= 0.6 is 23.2 Å². The van der Waals surface area contributed by atoms with Crippen molar-refractivity contribution >= 4 is 29.0 Å². The van der Waals surface area contributed by atoms with Crippen LogP contribution in [0.2, 0.25) is 10.3 Å². The summed E-state index contributed by atoms with van der Waals surface area (Å²) in [7, 11) is 3.70. The minimum atomic E-state index is 0.223. The predicted molar refractivity (Wildman–Crippen MR) is 51.1 cm³/mol. The smallest absolute Gasteiger partial charge is 0.224 e. The van der Waals surface area contributed by atoms with E-state index in [2.05, 4.69) is 9.97 Å². The van der Waals surface area contributed by atoms with Crippen molar-refractivity contribution < 1.29 is 0 Å². The predicted octanol–water partition coefficient (Wildman–Crippen LogP) is 2.16. The molecule has 0 N–H and O–H groups in total. The van der Waals surface area contributed by atoms with Crippen molar-refractivity contribution in [3.63, 3.8) is 0 Å². The summed E-state index contributed by atoms with van der Waals surface area (Å²) in [4.78, 5) is 9.69. The molecular formula is C7H9Cl2N3. The molecule has 0 aromatic carbocycles. The minimum absolute atomic E-state index is 0.223. The summed E-state index contributed by atoms with van der Waals surface area (Å²) < 4.78 is 0. The molecule has 12 heavy (non-hydrogen) atoms. The van der Waals surface area contributed by atoms with Crippen molar-refractivity contribution in [2.24, 2.45) is 0 Å². The third kappa shape index (κ3) is 1.79. The van der Waals surface area contributed by atoms with Crippen LogP contribution in [-0.2, 0) is 0 Å². The van der Waals surface area contributed by atoms with Gasteiger partial charge in [0.25, 0.3) is 0 Å². The average molecular weight is 206 g/mol. The van der Waals surface area contributed by atoms with Gasteiger partial charge in [0.05, 0.1) is 5.69 Å². The van der Waals surface area contributed by atoms with E-state index in [0.717, 1.165) is 0 Å². The highest BCUT2D eigenvalue weighted by molar-refractivity contribution is 6.34. The summed E-state index contributed by atoms with van der Waals surface area (Å²) in [6.07, 6.45) is 0. The van der Waals surface area contributed by atoms with Crippen LogP contribution in [0.25, 0.3) is 0 Å². The SMILES string of the molecule is Cc1nc(Cl)nc(N(C)C)c1Cl. The van der Waals surface area contributed by atoms with Gasteiger partial charge in [0.2, 0.25) is 5.28 Å². The number of hydrogen-bond donors (Lipinski definition) is 0. The summed E-state index contributed by atoms with van der Waals surface area (Å²) in [5.74, 6) is 0.647. The molecule has 0 aliphatic rings. The highest BCUT2D eigenvalue weighted by Gasteiger charge is 2.09. The molecule has 66 valence electrons. The molecule has 1 heterocycles. The molecule has 1 aromatic rings. The standard InChI is InChI=1S/C7H9Cl2N3/c1-4-5(8)6(12(2)3)11-7(9)10-4/h1-3H3. The van der Waals surface area contributed by atoms with Crippen LogP contribution in [0.5, 0.6) is 0 Å². The highest BCUT2D eigenvalue weighted by Crippen LogP contribution is 2.25. The fraction of sp³-hybridized carbons (Fsp3) is 0.429. The first kappa shape index (κ1) is 9.55. The van der Waals surface area contributed by atoms with Gasteiger partial charge >= 0.3 is 0 Å². The normalized spacial score (nSPS) is 10.1. The first-order chi connectivity index (χ1) is 5.52. The van der Waals surface area contributed by atoms with E-state index in [0.29, 0.717) is 16.5 Å². The number of rotatable bonds is 1. The first-order valence-electron chi connectivity index (χ1n) is 3.39. The summed E-state index contributed by atoms with van der Waals surface area (Å²) in [6.45, 7) is 1.79. The maximum absolute atomic E-state index is 5.93. The highest BCUT2D eigenvalue weighted by atomic mass is 35.5. The maximum atomic E-state index is 5.93. The third-order valence-electron chi connectivity index (χ3n) is 1.40. The molecule has 1 rings (SSSR count). The Bertz CT molecular complexity index is 299. The third-order valence-corrected chi connectivity index (χ3v) is 2.01. The number of halogens is 2. The summed E-state index contributed by atoms with van der Waals surface area (Å²) in [6, 6.07) is 0. The second-order valence-electron chi connectivity index (χ2n) is 2.61. The zero-order chi connectivity index (χ0) is 9.30. The van der Waals surface area contributed by atoms with Crippen LogP contribution in [0.15, 0.2) is 0 Å². The molecule has 0 saturated heterocycles. The van der Waals surface area contributed by atoms with Crippen molar-refractivity contribution in [2.45, 2.75) is 6.92 Å². The summed E-state index contributed by atoms with van der Waals surface area (Å²) in [5.41, 5.74) is 0.695. The molecule has 0 fully saturated rings. The molecule has 0 atom stereocenters. The molecule has 0 bridgehead atoms. The quantitative estimate of drug-likeness (QED) is 0.659. The number of nitrogens with zero attached hydrogens (tertiary/aromatic N) is 3. The van der Waals surface area contributed by atoms with E-state index in [1.165, 1.54) is 0 Å². The van der Waals surface area contributed by atoms with E-state index in [4.69, 9.17) is 23.2 Å². The van der Waals surface area contributed by atoms with Crippen LogP contribution in [-0.4, -0.2) is 24.1 Å². The fourth-order valence-corrected chi connectivity index (χ4v) is 1.27. The number of hydrogen-bond acceptors (Lipinski definition) is 3. The molecule has 0 aliphatic heterocycles. The van der Waals surface area contributed by atoms with Gasteiger partial charge < -0.3 is 4.90 Å². The molecule has 3 nitrogen and oxygen atoms in total. The molecule has 1 aromatic heterocycles. The number of aryl methyl sites for hydroxylation is 1. The maximum Gasteiger partial charge on any atom is 0.224 e. The molecule has 0 amide bonds. The van der Waals surface area contributed by atoms with E-state index >= 15 is 0 Å². The van der Waals surface area contributed by atoms with E-state index in [1.54, 1.807) is 11.8 Å². The molecule has 0 radical (unpaired) electrons. The second kappa shape index (κ2) is 3.46. The Morgan fingerprint density at radius 3 is 2.25 bits per heavy atom. The van der Waals surface area contributed by atoms with Gasteiger partial charge in [0, 0.05) is 14.1 Å². The Kier molecular flexibility index (Phi) is 2.75. The molecule has 0 saturated carbocycles. The Labute approximate surface area is 81.3 Å². The van der Waals surface area contributed by atoms with Crippen LogP contribution in [0, 0.1) is 6.92 Å². The largest absolute Gasteiger partial charge is 0.361 e. The second-order valence-corrected chi connectivity index (χ2v) is 3.33. The summed E-state index contributed by atoms with van der Waals surface area (Å²) in [5, 5.41) is 0.769. The van der Waals surface area contributed by atoms with Crippen LogP contribution in [0.4, 0.5) is 5.82 Å². The van der Waals surface area contributed by atoms with Gasteiger partial charge in [-0.2, -0.15) is 4.98 Å². The van der Waals surface area contributed by atoms with Crippen molar-refractivity contribution in [1.29, 1.82) is 0 Å². The Morgan fingerprint density at radius 2 is 1.75 bits per heavy atom. The van der Waals surface area contributed by atoms with E-state index < -0.39 is 0 Å². The van der Waals surface area contributed by atoms with Gasteiger partial charge in [-0.25, -0.2) is 4.98 Å². The Morgan fingerprint density at radius 1 is 1.17 bits per heavy atom. The average Bonchev–Trinajstić information content (AvgIpc) is 1.96. The van der Waals surface area contributed by atoms with Gasteiger partial charge in [0.1, 0.15) is 5.02 Å². The van der Waals surface area contributed by atoms with E-state index in [-0.39, 0.29) is 5.28 Å². The lowest BCUT2D eigenvalue weighted by atomic mass is 10.4. The first-order valence-corrected chi connectivity index (χ1v) is 4.15. The number of aromatic nitrogens is 2. The van der Waals surface area contributed by atoms with Crippen LogP contribution in [0.3, 0.4) is 0 Å². The van der Waals surface area contributed by atoms with Gasteiger partial charge in [-0.15, -0.1) is 0 Å². The van der Waals surface area contributed by atoms with Crippen molar-refractivity contribution in [3.05, 3.63) is 16.0 Å².